The molecule has 55 heavy (non-hydrogen) atoms. The van der Waals surface area contributed by atoms with E-state index in [-0.39, 0.29) is 13.4 Å². The Morgan fingerprint density at radius 1 is 0.345 bits per heavy atom. The van der Waals surface area contributed by atoms with Crippen LogP contribution in [0.2, 0.25) is 0 Å². The standard InChI is InChI=1S/C51H30B2N2/c1-3-17-44-34(11-1)36-13-7-15-40-50(36)54(44)46-19-5-9-28-21-32-24-30-23-31-25-33-22-29-10-6-20-47-49(29)53(43(33)27-39(31)38(30)26-42(32)52(40)48(28)46)41-16-8-14-37-35-12-2-4-18-45(35)55(47)51(37)41/h1-20,24-27H,21-23H2. The van der Waals surface area contributed by atoms with Crippen molar-refractivity contribution in [3.63, 3.8) is 0 Å². The van der Waals surface area contributed by atoms with Crippen LogP contribution in [-0.4, -0.2) is 22.6 Å². The second-order valence-corrected chi connectivity index (χ2v) is 16.7. The molecule has 0 radical (unpaired) electrons. The van der Waals surface area contributed by atoms with E-state index in [4.69, 9.17) is 0 Å². The second-order valence-electron chi connectivity index (χ2n) is 16.7. The molecule has 0 saturated heterocycles. The number of rotatable bonds is 0. The molecule has 10 aromatic rings. The van der Waals surface area contributed by atoms with Gasteiger partial charge in [0.05, 0.1) is 11.0 Å². The molecule has 5 aliphatic rings. The molecule has 6 heterocycles. The monoisotopic (exact) mass is 692 g/mol. The molecule has 0 spiro atoms. The van der Waals surface area contributed by atoms with E-state index in [2.05, 4.69) is 155 Å². The molecule has 4 heteroatoms. The summed E-state index contributed by atoms with van der Waals surface area (Å²) in [5.74, 6) is 0. The lowest BCUT2D eigenvalue weighted by Crippen LogP contribution is -2.60. The Labute approximate surface area is 318 Å². The third-order valence-corrected chi connectivity index (χ3v) is 14.3. The van der Waals surface area contributed by atoms with E-state index in [0.29, 0.717) is 0 Å². The van der Waals surface area contributed by atoms with Crippen LogP contribution in [0.4, 0.5) is 0 Å². The third-order valence-electron chi connectivity index (χ3n) is 14.3. The zero-order chi connectivity index (χ0) is 35.3. The van der Waals surface area contributed by atoms with Gasteiger partial charge in [0, 0.05) is 44.0 Å². The van der Waals surface area contributed by atoms with Crippen LogP contribution in [-0.2, 0) is 19.3 Å². The number of hydrogen-bond donors (Lipinski definition) is 0. The van der Waals surface area contributed by atoms with E-state index in [1.54, 1.807) is 0 Å². The highest BCUT2D eigenvalue weighted by Gasteiger charge is 2.42. The van der Waals surface area contributed by atoms with Crippen molar-refractivity contribution >= 4 is 89.8 Å². The van der Waals surface area contributed by atoms with E-state index >= 15 is 0 Å². The number of fused-ring (bicyclic) bond motifs is 17. The Hall–Kier alpha value is -6.51. The van der Waals surface area contributed by atoms with Crippen molar-refractivity contribution in [2.75, 3.05) is 0 Å². The molecule has 0 unspecified atom stereocenters. The second kappa shape index (κ2) is 9.40. The van der Waals surface area contributed by atoms with Gasteiger partial charge in [0.1, 0.15) is 0 Å². The van der Waals surface area contributed by atoms with Crippen molar-refractivity contribution in [2.45, 2.75) is 19.3 Å². The van der Waals surface area contributed by atoms with Crippen LogP contribution in [0.15, 0.2) is 146 Å². The lowest BCUT2D eigenvalue weighted by Gasteiger charge is -2.34. The Morgan fingerprint density at radius 3 is 1.29 bits per heavy atom. The number of benzene rings is 8. The van der Waals surface area contributed by atoms with Crippen LogP contribution < -0.4 is 32.8 Å². The number of hydrogen-bond acceptors (Lipinski definition) is 0. The molecule has 8 aromatic carbocycles. The number of nitrogens with zero attached hydrogens (tertiary/aromatic N) is 2. The minimum Gasteiger partial charge on any atom is -0.310 e. The summed E-state index contributed by atoms with van der Waals surface area (Å²) in [6.45, 7) is 0.435. The maximum Gasteiger partial charge on any atom is 0.247 e. The maximum atomic E-state index is 2.63. The zero-order valence-electron chi connectivity index (χ0n) is 30.0. The normalized spacial score (nSPS) is 14.6. The van der Waals surface area contributed by atoms with Crippen LogP contribution in [0.25, 0.3) is 66.1 Å². The van der Waals surface area contributed by atoms with Crippen molar-refractivity contribution < 1.29 is 0 Å². The minimum absolute atomic E-state index is 0.217. The van der Waals surface area contributed by atoms with Gasteiger partial charge in [-0.05, 0) is 110 Å². The average molecular weight is 692 g/mol. The van der Waals surface area contributed by atoms with Gasteiger partial charge in [-0.15, -0.1) is 0 Å². The Bertz CT molecular complexity index is 3260. The van der Waals surface area contributed by atoms with E-state index in [9.17, 15) is 0 Å². The summed E-state index contributed by atoms with van der Waals surface area (Å²) in [6.07, 6.45) is 2.98. The molecule has 1 aliphatic carbocycles. The van der Waals surface area contributed by atoms with Crippen LogP contribution in [0.5, 0.6) is 0 Å². The molecule has 0 bridgehead atoms. The van der Waals surface area contributed by atoms with Gasteiger partial charge in [-0.2, -0.15) is 0 Å². The Kier molecular flexibility index (Phi) is 4.79. The molecule has 0 N–H and O–H groups in total. The van der Waals surface area contributed by atoms with E-state index in [0.717, 1.165) is 19.3 Å². The summed E-state index contributed by atoms with van der Waals surface area (Å²) >= 11 is 0. The molecule has 2 nitrogen and oxygen atoms in total. The highest BCUT2D eigenvalue weighted by Crippen LogP contribution is 2.41. The fourth-order valence-electron chi connectivity index (χ4n) is 12.3. The Balaban J connectivity index is 0.966. The molecule has 0 atom stereocenters. The minimum atomic E-state index is 0.217. The van der Waals surface area contributed by atoms with Crippen molar-refractivity contribution in [3.05, 3.63) is 179 Å². The molecule has 250 valence electrons. The fraction of sp³-hybridized carbons (Fsp3) is 0.0588. The molecular formula is C51H30B2N2. The highest BCUT2D eigenvalue weighted by atomic mass is 15.0. The molecule has 0 fully saturated rings. The van der Waals surface area contributed by atoms with E-state index in [1.165, 1.54) is 132 Å². The van der Waals surface area contributed by atoms with E-state index < -0.39 is 0 Å². The van der Waals surface area contributed by atoms with E-state index in [1.807, 2.05) is 0 Å². The van der Waals surface area contributed by atoms with Gasteiger partial charge in [0.2, 0.25) is 13.4 Å². The first-order valence-electron chi connectivity index (χ1n) is 19.9. The first-order chi connectivity index (χ1) is 27.3. The molecule has 0 amide bonds. The van der Waals surface area contributed by atoms with Gasteiger partial charge in [0.25, 0.3) is 0 Å². The van der Waals surface area contributed by atoms with Crippen molar-refractivity contribution in [1.29, 1.82) is 0 Å². The van der Waals surface area contributed by atoms with Crippen molar-refractivity contribution in [3.8, 4) is 22.5 Å². The van der Waals surface area contributed by atoms with Crippen LogP contribution in [0.1, 0.15) is 33.4 Å². The lowest BCUT2D eigenvalue weighted by molar-refractivity contribution is 1.13. The van der Waals surface area contributed by atoms with Crippen LogP contribution in [0, 0.1) is 0 Å². The molecular weight excluding hydrogens is 662 g/mol. The smallest absolute Gasteiger partial charge is 0.247 e. The summed E-state index contributed by atoms with van der Waals surface area (Å²) in [5.41, 5.74) is 28.7. The molecule has 4 aliphatic heterocycles. The topological polar surface area (TPSA) is 9.86 Å². The van der Waals surface area contributed by atoms with Gasteiger partial charge in [-0.25, -0.2) is 0 Å². The molecule has 2 aromatic heterocycles. The maximum absolute atomic E-state index is 2.63. The van der Waals surface area contributed by atoms with Crippen LogP contribution >= 0.6 is 0 Å². The molecule has 0 saturated carbocycles. The zero-order valence-corrected chi connectivity index (χ0v) is 30.0. The lowest BCUT2D eigenvalue weighted by atomic mass is 9.32. The van der Waals surface area contributed by atoms with Crippen molar-refractivity contribution in [2.24, 2.45) is 0 Å². The Morgan fingerprint density at radius 2 is 0.782 bits per heavy atom. The number of para-hydroxylation sites is 4. The van der Waals surface area contributed by atoms with Crippen LogP contribution in [0.3, 0.4) is 0 Å². The first-order valence-corrected chi connectivity index (χ1v) is 19.9. The van der Waals surface area contributed by atoms with Gasteiger partial charge < -0.3 is 9.13 Å². The summed E-state index contributed by atoms with van der Waals surface area (Å²) in [7, 11) is 0. The summed E-state index contributed by atoms with van der Waals surface area (Å²) in [4.78, 5) is 0. The average Bonchev–Trinajstić information content (AvgIpc) is 3.87. The fourth-order valence-corrected chi connectivity index (χ4v) is 12.3. The quantitative estimate of drug-likeness (QED) is 0.153. The predicted molar refractivity (Wildman–Crippen MR) is 231 cm³/mol. The van der Waals surface area contributed by atoms with Gasteiger partial charge in [-0.3, -0.25) is 0 Å². The highest BCUT2D eigenvalue weighted by molar-refractivity contribution is 6.99. The largest absolute Gasteiger partial charge is 0.310 e. The predicted octanol–water partition coefficient (Wildman–Crippen LogP) is 6.92. The van der Waals surface area contributed by atoms with Gasteiger partial charge >= 0.3 is 0 Å². The van der Waals surface area contributed by atoms with Gasteiger partial charge in [-0.1, -0.05) is 132 Å². The summed E-state index contributed by atoms with van der Waals surface area (Å²) in [5, 5.41) is 5.39. The SMILES string of the molecule is c1cc2c3c(c1)-n1c4ccccc4c4cccc(c41)B3c1cc3c(cc1C2)Cc1cc2c(cc1-3)B1c3c(cccc3-n3c4ccccc4c4cccc1c43)C2. The van der Waals surface area contributed by atoms with Crippen molar-refractivity contribution in [1.82, 2.24) is 9.13 Å². The third kappa shape index (κ3) is 3.19. The first kappa shape index (κ1) is 28.0. The summed E-state index contributed by atoms with van der Waals surface area (Å²) < 4.78 is 5.12. The van der Waals surface area contributed by atoms with Gasteiger partial charge in [0.15, 0.2) is 0 Å². The molecule has 15 rings (SSSR count). The number of aromatic nitrogens is 2. The summed E-state index contributed by atoms with van der Waals surface area (Å²) in [6, 6.07) is 56.5.